The van der Waals surface area contributed by atoms with Crippen LogP contribution in [0, 0.1) is 6.92 Å². The Balaban J connectivity index is 0.00000144. The summed E-state index contributed by atoms with van der Waals surface area (Å²) in [5.41, 5.74) is 1.00. The van der Waals surface area contributed by atoms with Gasteiger partial charge in [0.25, 0.3) is 0 Å². The second-order valence-corrected chi connectivity index (χ2v) is 2.48. The van der Waals surface area contributed by atoms with E-state index in [0.29, 0.717) is 0 Å². The van der Waals surface area contributed by atoms with Gasteiger partial charge in [-0.2, -0.15) is 0 Å². The number of nitrogens with zero attached hydrogens (tertiary/aromatic N) is 1. The number of rotatable bonds is 2. The van der Waals surface area contributed by atoms with E-state index >= 15 is 0 Å². The maximum Gasteiger partial charge on any atom is 1.00 e. The Morgan fingerprint density at radius 2 is 2.23 bits per heavy atom. The number of carbonyl (C=O) groups is 1. The monoisotopic (exact) mass is 189 g/mol. The van der Waals surface area contributed by atoms with Gasteiger partial charge in [0.05, 0.1) is 11.7 Å². The zero-order valence-corrected chi connectivity index (χ0v) is 9.52. The molecule has 5 heteroatoms. The molecule has 0 amide bonds. The Hall–Kier alpha value is -0.420. The number of aryl methyl sites for hydroxylation is 1. The van der Waals surface area contributed by atoms with Crippen molar-refractivity contribution in [3.05, 3.63) is 29.6 Å². The first-order valence-electron chi connectivity index (χ1n) is 3.42. The molecule has 1 heterocycles. The number of aliphatic carboxylic acids is 1. The van der Waals surface area contributed by atoms with E-state index in [0.717, 1.165) is 5.56 Å². The van der Waals surface area contributed by atoms with Gasteiger partial charge in [0.15, 0.2) is 0 Å². The summed E-state index contributed by atoms with van der Waals surface area (Å²) in [5, 5.41) is 19.1. The first-order chi connectivity index (χ1) is 5.61. The van der Waals surface area contributed by atoms with E-state index in [1.54, 1.807) is 6.07 Å². The summed E-state index contributed by atoms with van der Waals surface area (Å²) in [6.07, 6.45) is -0.146. The number of carboxylic acid groups (broad SMARTS) is 1. The van der Waals surface area contributed by atoms with E-state index in [9.17, 15) is 9.90 Å². The second kappa shape index (κ2) is 5.34. The molecule has 1 unspecified atom stereocenters. The van der Waals surface area contributed by atoms with Crippen LogP contribution in [0.15, 0.2) is 18.3 Å². The smallest absolute Gasteiger partial charge is 0.547 e. The summed E-state index contributed by atoms with van der Waals surface area (Å²) in [6, 6.07) is 3.13. The topological polar surface area (TPSA) is 73.2 Å². The van der Waals surface area contributed by atoms with Crippen LogP contribution in [0.2, 0.25) is 0 Å². The summed E-state index contributed by atoms with van der Waals surface area (Å²) in [6.45, 7) is 1.82. The van der Waals surface area contributed by atoms with Crippen LogP contribution in [0.4, 0.5) is 0 Å². The second-order valence-electron chi connectivity index (χ2n) is 2.48. The molecular formula is C8H8NNaO3. The Morgan fingerprint density at radius 1 is 1.62 bits per heavy atom. The fraction of sp³-hybridized carbons (Fsp3) is 0.250. The molecule has 0 saturated heterocycles. The molecular weight excluding hydrogens is 181 g/mol. The minimum absolute atomic E-state index is 0. The van der Waals surface area contributed by atoms with Gasteiger partial charge < -0.3 is 15.0 Å². The number of pyridine rings is 1. The maximum absolute atomic E-state index is 10.2. The molecule has 0 spiro atoms. The van der Waals surface area contributed by atoms with Gasteiger partial charge in [-0.1, -0.05) is 6.07 Å². The quantitative estimate of drug-likeness (QED) is 0.484. The van der Waals surface area contributed by atoms with Crippen LogP contribution in [0.3, 0.4) is 0 Å². The number of carbonyl (C=O) groups excluding carboxylic acids is 1. The van der Waals surface area contributed by atoms with Crippen molar-refractivity contribution in [3.8, 4) is 0 Å². The van der Waals surface area contributed by atoms with E-state index in [1.165, 1.54) is 12.3 Å². The Labute approximate surface area is 97.9 Å². The van der Waals surface area contributed by atoms with Gasteiger partial charge in [0, 0.05) is 6.20 Å². The minimum atomic E-state index is -1.63. The summed E-state index contributed by atoms with van der Waals surface area (Å²) in [4.78, 5) is 13.9. The predicted molar refractivity (Wildman–Crippen MR) is 38.9 cm³/mol. The molecule has 1 aromatic heterocycles. The normalized spacial score (nSPS) is 11.5. The average molecular weight is 189 g/mol. The number of aliphatic hydroxyl groups excluding tert-OH is 1. The molecule has 0 fully saturated rings. The SMILES string of the molecule is Cc1ccc(C(O)C(=O)[O-])nc1.[Na+]. The largest absolute Gasteiger partial charge is 1.00 e. The first-order valence-corrected chi connectivity index (χ1v) is 3.42. The van der Waals surface area contributed by atoms with E-state index in [2.05, 4.69) is 4.98 Å². The van der Waals surface area contributed by atoms with Crippen LogP contribution < -0.4 is 34.7 Å². The standard InChI is InChI=1S/C8H9NO3.Na/c1-5-2-3-6(9-4-5)7(10)8(11)12;/h2-4,7,10H,1H3,(H,11,12);/q;+1/p-1. The Morgan fingerprint density at radius 3 is 2.62 bits per heavy atom. The van der Waals surface area contributed by atoms with Crippen molar-refractivity contribution in [3.63, 3.8) is 0 Å². The third kappa shape index (κ3) is 3.44. The van der Waals surface area contributed by atoms with Crippen LogP contribution in [-0.4, -0.2) is 16.1 Å². The molecule has 1 aromatic rings. The molecule has 0 aliphatic carbocycles. The maximum atomic E-state index is 10.2. The molecule has 13 heavy (non-hydrogen) atoms. The van der Waals surface area contributed by atoms with Gasteiger partial charge in [-0.15, -0.1) is 0 Å². The van der Waals surface area contributed by atoms with Crippen LogP contribution >= 0.6 is 0 Å². The molecule has 0 bridgehead atoms. The Kier molecular flexibility index (Phi) is 5.17. The van der Waals surface area contributed by atoms with Crippen molar-refractivity contribution in [2.45, 2.75) is 13.0 Å². The molecule has 0 radical (unpaired) electrons. The van der Waals surface area contributed by atoms with Crippen LogP contribution in [-0.2, 0) is 4.79 Å². The van der Waals surface area contributed by atoms with Gasteiger partial charge in [-0.05, 0) is 18.6 Å². The molecule has 0 saturated carbocycles. The molecule has 64 valence electrons. The van der Waals surface area contributed by atoms with Crippen molar-refractivity contribution in [1.82, 2.24) is 4.98 Å². The van der Waals surface area contributed by atoms with Crippen molar-refractivity contribution in [1.29, 1.82) is 0 Å². The fourth-order valence-electron chi connectivity index (χ4n) is 0.762. The van der Waals surface area contributed by atoms with Crippen molar-refractivity contribution >= 4 is 5.97 Å². The van der Waals surface area contributed by atoms with Gasteiger partial charge in [-0.3, -0.25) is 4.98 Å². The molecule has 4 nitrogen and oxygen atoms in total. The van der Waals surface area contributed by atoms with Gasteiger partial charge >= 0.3 is 29.6 Å². The fourth-order valence-corrected chi connectivity index (χ4v) is 0.762. The molecule has 0 aliphatic rings. The average Bonchev–Trinajstić information content (AvgIpc) is 2.04. The summed E-state index contributed by atoms with van der Waals surface area (Å²) < 4.78 is 0. The summed E-state index contributed by atoms with van der Waals surface area (Å²) in [7, 11) is 0. The third-order valence-electron chi connectivity index (χ3n) is 1.44. The van der Waals surface area contributed by atoms with Crippen molar-refractivity contribution < 1.29 is 44.6 Å². The van der Waals surface area contributed by atoms with Crippen molar-refractivity contribution in [2.75, 3.05) is 0 Å². The van der Waals surface area contributed by atoms with E-state index in [1.807, 2.05) is 6.92 Å². The van der Waals surface area contributed by atoms with Gasteiger partial charge in [0.2, 0.25) is 0 Å². The number of carboxylic acids is 1. The molecule has 0 aromatic carbocycles. The van der Waals surface area contributed by atoms with Crippen molar-refractivity contribution in [2.24, 2.45) is 0 Å². The van der Waals surface area contributed by atoms with E-state index in [-0.39, 0.29) is 35.3 Å². The Bertz CT molecular complexity index is 286. The molecule has 0 aliphatic heterocycles. The first kappa shape index (κ1) is 12.6. The number of hydrogen-bond donors (Lipinski definition) is 1. The van der Waals surface area contributed by atoms with E-state index < -0.39 is 12.1 Å². The summed E-state index contributed by atoms with van der Waals surface area (Å²) >= 11 is 0. The van der Waals surface area contributed by atoms with Crippen LogP contribution in [0.25, 0.3) is 0 Å². The van der Waals surface area contributed by atoms with Crippen LogP contribution in [0.5, 0.6) is 0 Å². The van der Waals surface area contributed by atoms with Gasteiger partial charge in [0.1, 0.15) is 6.10 Å². The van der Waals surface area contributed by atoms with Crippen LogP contribution in [0.1, 0.15) is 17.4 Å². The minimum Gasteiger partial charge on any atom is -0.547 e. The molecule has 1 rings (SSSR count). The molecule has 1 atom stereocenters. The summed E-state index contributed by atoms with van der Waals surface area (Å²) in [5.74, 6) is -1.54. The van der Waals surface area contributed by atoms with E-state index in [4.69, 9.17) is 5.11 Å². The number of aliphatic hydroxyl groups is 1. The van der Waals surface area contributed by atoms with Gasteiger partial charge in [-0.25, -0.2) is 0 Å². The number of aromatic nitrogens is 1. The molecule has 1 N–H and O–H groups in total. The number of hydrogen-bond acceptors (Lipinski definition) is 4. The predicted octanol–water partition coefficient (Wildman–Crippen LogP) is -3.82. The third-order valence-corrected chi connectivity index (χ3v) is 1.44. The zero-order valence-electron chi connectivity index (χ0n) is 7.52. The zero-order chi connectivity index (χ0) is 9.14.